The molecule has 0 bridgehead atoms. The molecule has 0 atom stereocenters. The molecule has 1 heterocycles. The highest BCUT2D eigenvalue weighted by Crippen LogP contribution is 2.23. The van der Waals surface area contributed by atoms with Crippen LogP contribution in [-0.4, -0.2) is 17.9 Å². The lowest BCUT2D eigenvalue weighted by Gasteiger charge is -2.16. The zero-order valence-corrected chi connectivity index (χ0v) is 11.5. The highest BCUT2D eigenvalue weighted by Gasteiger charge is 2.18. The van der Waals surface area contributed by atoms with E-state index in [2.05, 4.69) is 15.9 Å². The number of furan rings is 1. The first kappa shape index (κ1) is 13.3. The van der Waals surface area contributed by atoms with E-state index in [9.17, 15) is 14.9 Å². The number of nitrogens with zero attached hydrogens (tertiary/aromatic N) is 2. The monoisotopic (exact) mass is 324 g/mol. The molecule has 0 saturated carbocycles. The lowest BCUT2D eigenvalue weighted by atomic mass is 10.2. The first-order valence-electron chi connectivity index (χ1n) is 5.26. The van der Waals surface area contributed by atoms with Gasteiger partial charge in [-0.1, -0.05) is 0 Å². The van der Waals surface area contributed by atoms with Gasteiger partial charge in [0.1, 0.15) is 0 Å². The number of hydrogen-bond donors (Lipinski definition) is 0. The van der Waals surface area contributed by atoms with Crippen molar-refractivity contribution >= 4 is 33.2 Å². The Morgan fingerprint density at radius 1 is 1.32 bits per heavy atom. The maximum atomic E-state index is 12.1. The Kier molecular flexibility index (Phi) is 3.66. The summed E-state index contributed by atoms with van der Waals surface area (Å²) in [7, 11) is 1.59. The molecule has 6 nitrogen and oxygen atoms in total. The van der Waals surface area contributed by atoms with Gasteiger partial charge in [0.25, 0.3) is 11.6 Å². The molecule has 0 radical (unpaired) electrons. The average molecular weight is 325 g/mol. The molecule has 98 valence electrons. The van der Waals surface area contributed by atoms with Gasteiger partial charge in [0.05, 0.1) is 16.7 Å². The Morgan fingerprint density at radius 2 is 1.95 bits per heavy atom. The first-order valence-corrected chi connectivity index (χ1v) is 6.05. The number of hydrogen-bond acceptors (Lipinski definition) is 4. The summed E-state index contributed by atoms with van der Waals surface area (Å²) in [5, 5.41) is 10.6. The summed E-state index contributed by atoms with van der Waals surface area (Å²) in [6.07, 6.45) is 1.40. The van der Waals surface area contributed by atoms with Crippen LogP contribution in [0.15, 0.2) is 45.7 Å². The molecule has 0 N–H and O–H groups in total. The molecule has 1 aromatic heterocycles. The molecule has 0 aliphatic rings. The van der Waals surface area contributed by atoms with Crippen LogP contribution in [0.4, 0.5) is 11.4 Å². The van der Waals surface area contributed by atoms with Crippen LogP contribution in [0.1, 0.15) is 10.4 Å². The minimum Gasteiger partial charge on any atom is -0.457 e. The second kappa shape index (κ2) is 5.23. The van der Waals surface area contributed by atoms with Crippen molar-refractivity contribution in [3.8, 4) is 0 Å². The largest absolute Gasteiger partial charge is 0.457 e. The lowest BCUT2D eigenvalue weighted by Crippen LogP contribution is -2.26. The fraction of sp³-hybridized carbons (Fsp3) is 0.0833. The molecular formula is C12H9BrN2O4. The zero-order chi connectivity index (χ0) is 14.0. The maximum absolute atomic E-state index is 12.1. The van der Waals surface area contributed by atoms with Crippen molar-refractivity contribution in [2.75, 3.05) is 11.9 Å². The number of carbonyl (C=O) groups is 1. The van der Waals surface area contributed by atoms with Gasteiger partial charge in [0.2, 0.25) is 0 Å². The van der Waals surface area contributed by atoms with Crippen LogP contribution in [0, 0.1) is 10.1 Å². The molecule has 2 rings (SSSR count). The molecule has 19 heavy (non-hydrogen) atoms. The molecular weight excluding hydrogens is 316 g/mol. The summed E-state index contributed by atoms with van der Waals surface area (Å²) in [5.41, 5.74) is 0.929. The van der Waals surface area contributed by atoms with E-state index in [-0.39, 0.29) is 11.6 Å². The summed E-state index contributed by atoms with van der Waals surface area (Å²) < 4.78 is 5.36. The van der Waals surface area contributed by atoms with Gasteiger partial charge >= 0.3 is 0 Å². The molecule has 2 aromatic rings. The third-order valence-electron chi connectivity index (χ3n) is 2.60. The summed E-state index contributed by atoms with van der Waals surface area (Å²) in [6, 6.07) is 7.29. The van der Waals surface area contributed by atoms with E-state index in [0.717, 1.165) is 0 Å². The number of halogens is 1. The Hall–Kier alpha value is -2.15. The SMILES string of the molecule is CN(C(=O)c1ccoc1Br)c1ccc([N+](=O)[O-])cc1. The number of amides is 1. The van der Waals surface area contributed by atoms with E-state index in [1.165, 1.54) is 35.4 Å². The van der Waals surface area contributed by atoms with E-state index >= 15 is 0 Å². The fourth-order valence-corrected chi connectivity index (χ4v) is 1.95. The van der Waals surface area contributed by atoms with Crippen molar-refractivity contribution in [3.63, 3.8) is 0 Å². The van der Waals surface area contributed by atoms with Crippen LogP contribution < -0.4 is 4.90 Å². The zero-order valence-electron chi connectivity index (χ0n) is 9.87. The third-order valence-corrected chi connectivity index (χ3v) is 3.21. The number of rotatable bonds is 3. The van der Waals surface area contributed by atoms with E-state index in [1.807, 2.05) is 0 Å². The van der Waals surface area contributed by atoms with Gasteiger partial charge in [-0.05, 0) is 34.1 Å². The molecule has 7 heteroatoms. The number of anilines is 1. The van der Waals surface area contributed by atoms with Gasteiger partial charge in [-0.25, -0.2) is 0 Å². The Morgan fingerprint density at radius 3 is 2.42 bits per heavy atom. The van der Waals surface area contributed by atoms with Crippen LogP contribution in [0.3, 0.4) is 0 Å². The molecule has 0 fully saturated rings. The van der Waals surface area contributed by atoms with Crippen molar-refractivity contribution in [2.24, 2.45) is 0 Å². The highest BCUT2D eigenvalue weighted by atomic mass is 79.9. The van der Waals surface area contributed by atoms with Crippen molar-refractivity contribution < 1.29 is 14.1 Å². The Labute approximate surface area is 116 Å². The normalized spacial score (nSPS) is 10.2. The van der Waals surface area contributed by atoms with Gasteiger partial charge < -0.3 is 9.32 Å². The summed E-state index contributed by atoms with van der Waals surface area (Å²) in [5.74, 6) is -0.269. The first-order chi connectivity index (χ1) is 9.00. The van der Waals surface area contributed by atoms with Gasteiger partial charge in [0.15, 0.2) is 4.67 Å². The fourth-order valence-electron chi connectivity index (χ4n) is 1.54. The minimum atomic E-state index is -0.488. The van der Waals surface area contributed by atoms with Crippen LogP contribution in [0.2, 0.25) is 0 Å². The van der Waals surface area contributed by atoms with Crippen molar-refractivity contribution in [2.45, 2.75) is 0 Å². The van der Waals surface area contributed by atoms with E-state index in [0.29, 0.717) is 15.9 Å². The van der Waals surface area contributed by atoms with Crippen LogP contribution >= 0.6 is 15.9 Å². The Bertz CT molecular complexity index is 621. The van der Waals surface area contributed by atoms with E-state index < -0.39 is 4.92 Å². The maximum Gasteiger partial charge on any atom is 0.269 e. The van der Waals surface area contributed by atoms with Gasteiger partial charge in [-0.2, -0.15) is 0 Å². The van der Waals surface area contributed by atoms with E-state index in [4.69, 9.17) is 4.42 Å². The molecule has 0 aliphatic carbocycles. The molecule has 0 aliphatic heterocycles. The van der Waals surface area contributed by atoms with Crippen LogP contribution in [0.25, 0.3) is 0 Å². The molecule has 0 saturated heterocycles. The Balaban J connectivity index is 2.24. The number of nitro groups is 1. The van der Waals surface area contributed by atoms with Gasteiger partial charge in [-0.15, -0.1) is 0 Å². The standard InChI is InChI=1S/C12H9BrN2O4/c1-14(12(16)10-6-7-19-11(10)13)8-2-4-9(5-3-8)15(17)18/h2-7H,1H3. The smallest absolute Gasteiger partial charge is 0.269 e. The minimum absolute atomic E-state index is 0.0194. The quantitative estimate of drug-likeness (QED) is 0.641. The number of benzene rings is 1. The predicted octanol–water partition coefficient (Wildman–Crippen LogP) is 3.23. The number of non-ortho nitro benzene ring substituents is 1. The molecule has 0 spiro atoms. The predicted molar refractivity (Wildman–Crippen MR) is 72.2 cm³/mol. The summed E-state index contributed by atoms with van der Waals surface area (Å²) >= 11 is 3.13. The van der Waals surface area contributed by atoms with Crippen molar-refractivity contribution in [1.82, 2.24) is 0 Å². The van der Waals surface area contributed by atoms with Gasteiger partial charge in [0, 0.05) is 24.9 Å². The van der Waals surface area contributed by atoms with Crippen molar-refractivity contribution in [1.29, 1.82) is 0 Å². The second-order valence-corrected chi connectivity index (χ2v) is 4.47. The second-order valence-electron chi connectivity index (χ2n) is 3.75. The van der Waals surface area contributed by atoms with Crippen LogP contribution in [0.5, 0.6) is 0 Å². The van der Waals surface area contributed by atoms with E-state index in [1.54, 1.807) is 13.1 Å². The topological polar surface area (TPSA) is 76.6 Å². The highest BCUT2D eigenvalue weighted by molar-refractivity contribution is 9.10. The molecule has 1 amide bonds. The number of nitro benzene ring substituents is 1. The van der Waals surface area contributed by atoms with Gasteiger partial charge in [-0.3, -0.25) is 14.9 Å². The van der Waals surface area contributed by atoms with Crippen LogP contribution in [-0.2, 0) is 0 Å². The lowest BCUT2D eigenvalue weighted by molar-refractivity contribution is -0.384. The molecule has 1 aromatic carbocycles. The number of carbonyl (C=O) groups excluding carboxylic acids is 1. The average Bonchev–Trinajstić information content (AvgIpc) is 2.83. The third kappa shape index (κ3) is 2.65. The summed E-state index contributed by atoms with van der Waals surface area (Å²) in [4.78, 5) is 23.6. The molecule has 0 unspecified atom stereocenters. The summed E-state index contributed by atoms with van der Waals surface area (Å²) in [6.45, 7) is 0. The van der Waals surface area contributed by atoms with Crippen molar-refractivity contribution in [3.05, 3.63) is 56.9 Å².